The Morgan fingerprint density at radius 3 is 2.65 bits per heavy atom. The maximum atomic E-state index is 11.7. The summed E-state index contributed by atoms with van der Waals surface area (Å²) in [5.74, 6) is 0.180. The Kier molecular flexibility index (Phi) is 4.50. The van der Waals surface area contributed by atoms with E-state index in [0.717, 1.165) is 43.7 Å². The van der Waals surface area contributed by atoms with Crippen molar-refractivity contribution in [3.05, 3.63) is 52.4 Å². The lowest BCUT2D eigenvalue weighted by Gasteiger charge is -2.34. The van der Waals surface area contributed by atoms with E-state index in [2.05, 4.69) is 16.4 Å². The van der Waals surface area contributed by atoms with Crippen LogP contribution in [0.15, 0.2) is 40.1 Å². The largest absolute Gasteiger partial charge is 0.507 e. The first-order chi connectivity index (χ1) is 11.1. The molecule has 5 nitrogen and oxygen atoms in total. The lowest BCUT2D eigenvalue weighted by molar-refractivity contribution is 0.136. The second kappa shape index (κ2) is 6.56. The third-order valence-electron chi connectivity index (χ3n) is 4.43. The highest BCUT2D eigenvalue weighted by Crippen LogP contribution is 2.29. The predicted molar refractivity (Wildman–Crippen MR) is 90.8 cm³/mol. The zero-order chi connectivity index (χ0) is 16.4. The van der Waals surface area contributed by atoms with Gasteiger partial charge < -0.3 is 9.52 Å². The summed E-state index contributed by atoms with van der Waals surface area (Å²) in [6, 6.07) is 4.96. The van der Waals surface area contributed by atoms with Crippen LogP contribution >= 0.6 is 0 Å². The molecule has 0 amide bonds. The lowest BCUT2D eigenvalue weighted by atomic mass is 10.1. The molecule has 0 bridgehead atoms. The molecule has 1 N–H and O–H groups in total. The van der Waals surface area contributed by atoms with Crippen LogP contribution in [-0.2, 0) is 6.54 Å². The molecule has 1 aromatic heterocycles. The fourth-order valence-electron chi connectivity index (χ4n) is 3.12. The summed E-state index contributed by atoms with van der Waals surface area (Å²) >= 11 is 0. The van der Waals surface area contributed by atoms with Gasteiger partial charge in [0, 0.05) is 50.7 Å². The lowest BCUT2D eigenvalue weighted by Crippen LogP contribution is -2.45. The molecule has 0 aliphatic carbocycles. The van der Waals surface area contributed by atoms with Gasteiger partial charge in [0.25, 0.3) is 0 Å². The molecule has 0 unspecified atom stereocenters. The van der Waals surface area contributed by atoms with E-state index < -0.39 is 0 Å². The van der Waals surface area contributed by atoms with Crippen molar-refractivity contribution in [2.24, 2.45) is 0 Å². The zero-order valence-electron chi connectivity index (χ0n) is 13.4. The van der Waals surface area contributed by atoms with Gasteiger partial charge in [-0.05, 0) is 24.6 Å². The SMILES string of the molecule is C=CCN1CCN(Cc2c(O)ccc3c(C)cc(=O)oc23)CC1. The standard InChI is InChI=1S/C18H22N2O3/c1-3-6-19-7-9-20(10-8-19)12-15-16(21)5-4-14-13(2)11-17(22)23-18(14)15/h3-5,11,21H,1,6-10,12H2,2H3. The molecule has 1 fully saturated rings. The highest BCUT2D eigenvalue weighted by Gasteiger charge is 2.19. The van der Waals surface area contributed by atoms with E-state index >= 15 is 0 Å². The summed E-state index contributed by atoms with van der Waals surface area (Å²) in [6.45, 7) is 10.9. The van der Waals surface area contributed by atoms with Crippen molar-refractivity contribution in [1.82, 2.24) is 9.80 Å². The molecule has 23 heavy (non-hydrogen) atoms. The predicted octanol–water partition coefficient (Wildman–Crippen LogP) is 2.11. The minimum absolute atomic E-state index is 0.180. The molecular formula is C18H22N2O3. The van der Waals surface area contributed by atoms with Crippen molar-refractivity contribution in [3.8, 4) is 5.75 Å². The van der Waals surface area contributed by atoms with Crippen molar-refractivity contribution in [2.45, 2.75) is 13.5 Å². The van der Waals surface area contributed by atoms with Crippen molar-refractivity contribution >= 4 is 11.0 Å². The van der Waals surface area contributed by atoms with Gasteiger partial charge in [0.1, 0.15) is 11.3 Å². The third kappa shape index (κ3) is 3.30. The number of hydrogen-bond acceptors (Lipinski definition) is 5. The normalized spacial score (nSPS) is 16.7. The zero-order valence-corrected chi connectivity index (χ0v) is 13.4. The van der Waals surface area contributed by atoms with Gasteiger partial charge in [0.15, 0.2) is 0 Å². The molecule has 2 heterocycles. The molecule has 5 heteroatoms. The minimum Gasteiger partial charge on any atom is -0.507 e. The molecule has 0 radical (unpaired) electrons. The van der Waals surface area contributed by atoms with Crippen molar-refractivity contribution in [1.29, 1.82) is 0 Å². The van der Waals surface area contributed by atoms with Gasteiger partial charge >= 0.3 is 5.63 Å². The first-order valence-electron chi connectivity index (χ1n) is 7.89. The first kappa shape index (κ1) is 15.8. The number of piperazine rings is 1. The van der Waals surface area contributed by atoms with Gasteiger partial charge in [-0.3, -0.25) is 9.80 Å². The maximum absolute atomic E-state index is 11.7. The van der Waals surface area contributed by atoms with E-state index in [9.17, 15) is 9.90 Å². The topological polar surface area (TPSA) is 56.9 Å². The second-order valence-electron chi connectivity index (χ2n) is 6.05. The number of nitrogens with zero attached hydrogens (tertiary/aromatic N) is 2. The monoisotopic (exact) mass is 314 g/mol. The minimum atomic E-state index is -0.377. The number of fused-ring (bicyclic) bond motifs is 1. The van der Waals surface area contributed by atoms with Crippen LogP contribution in [0, 0.1) is 6.92 Å². The fraction of sp³-hybridized carbons (Fsp3) is 0.389. The van der Waals surface area contributed by atoms with Crippen LogP contribution < -0.4 is 5.63 Å². The average molecular weight is 314 g/mol. The Balaban J connectivity index is 1.87. The molecule has 0 atom stereocenters. The Hall–Kier alpha value is -2.11. The van der Waals surface area contributed by atoms with E-state index in [-0.39, 0.29) is 11.4 Å². The Labute approximate surface area is 135 Å². The molecule has 1 aliphatic heterocycles. The van der Waals surface area contributed by atoms with Crippen LogP contribution in [0.2, 0.25) is 0 Å². The van der Waals surface area contributed by atoms with E-state index in [1.807, 2.05) is 13.0 Å². The van der Waals surface area contributed by atoms with Crippen molar-refractivity contribution in [3.63, 3.8) is 0 Å². The number of phenolic OH excluding ortho intramolecular Hbond substituents is 1. The Morgan fingerprint density at radius 1 is 1.26 bits per heavy atom. The number of phenols is 1. The summed E-state index contributed by atoms with van der Waals surface area (Å²) in [4.78, 5) is 16.3. The van der Waals surface area contributed by atoms with Crippen molar-refractivity contribution < 1.29 is 9.52 Å². The van der Waals surface area contributed by atoms with E-state index in [1.165, 1.54) is 6.07 Å². The van der Waals surface area contributed by atoms with Crippen LogP contribution in [0.1, 0.15) is 11.1 Å². The van der Waals surface area contributed by atoms with Crippen LogP contribution in [0.3, 0.4) is 0 Å². The molecule has 3 rings (SSSR count). The number of benzene rings is 1. The summed E-state index contributed by atoms with van der Waals surface area (Å²) in [6.07, 6.45) is 1.92. The highest BCUT2D eigenvalue weighted by molar-refractivity contribution is 5.84. The molecule has 0 saturated carbocycles. The van der Waals surface area contributed by atoms with Crippen LogP contribution in [-0.4, -0.2) is 47.6 Å². The third-order valence-corrected chi connectivity index (χ3v) is 4.43. The number of aromatic hydroxyl groups is 1. The first-order valence-corrected chi connectivity index (χ1v) is 7.89. The van der Waals surface area contributed by atoms with E-state index in [1.54, 1.807) is 12.1 Å². The highest BCUT2D eigenvalue weighted by atomic mass is 16.4. The average Bonchev–Trinajstić information content (AvgIpc) is 2.52. The van der Waals surface area contributed by atoms with Crippen LogP contribution in [0.25, 0.3) is 11.0 Å². The van der Waals surface area contributed by atoms with E-state index in [0.29, 0.717) is 17.7 Å². The van der Waals surface area contributed by atoms with Gasteiger partial charge in [-0.2, -0.15) is 0 Å². The molecule has 2 aromatic rings. The van der Waals surface area contributed by atoms with Crippen molar-refractivity contribution in [2.75, 3.05) is 32.7 Å². The van der Waals surface area contributed by atoms with Gasteiger partial charge in [0.05, 0.1) is 5.56 Å². The molecule has 1 saturated heterocycles. The van der Waals surface area contributed by atoms with Gasteiger partial charge in [0.2, 0.25) is 0 Å². The van der Waals surface area contributed by atoms with Gasteiger partial charge in [-0.15, -0.1) is 6.58 Å². The van der Waals surface area contributed by atoms with Crippen LogP contribution in [0.4, 0.5) is 0 Å². The smallest absolute Gasteiger partial charge is 0.336 e. The second-order valence-corrected chi connectivity index (χ2v) is 6.05. The number of rotatable bonds is 4. The fourth-order valence-corrected chi connectivity index (χ4v) is 3.12. The summed E-state index contributed by atoms with van der Waals surface area (Å²) in [7, 11) is 0. The molecule has 1 aliphatic rings. The molecular weight excluding hydrogens is 292 g/mol. The molecule has 122 valence electrons. The summed E-state index contributed by atoms with van der Waals surface area (Å²) in [5.41, 5.74) is 1.69. The van der Waals surface area contributed by atoms with Gasteiger partial charge in [-0.25, -0.2) is 4.79 Å². The number of aryl methyl sites for hydroxylation is 1. The molecule has 1 aromatic carbocycles. The number of hydrogen-bond donors (Lipinski definition) is 1. The molecule has 0 spiro atoms. The van der Waals surface area contributed by atoms with E-state index in [4.69, 9.17) is 4.42 Å². The van der Waals surface area contributed by atoms with Gasteiger partial charge in [-0.1, -0.05) is 6.08 Å². The van der Waals surface area contributed by atoms with Crippen LogP contribution in [0.5, 0.6) is 5.75 Å². The summed E-state index contributed by atoms with van der Waals surface area (Å²) in [5, 5.41) is 11.1. The maximum Gasteiger partial charge on any atom is 0.336 e. The quantitative estimate of drug-likeness (QED) is 0.692. The summed E-state index contributed by atoms with van der Waals surface area (Å²) < 4.78 is 5.39. The Morgan fingerprint density at radius 2 is 1.96 bits per heavy atom. The Bertz CT molecular complexity index is 774.